The molecule has 0 saturated heterocycles. The first kappa shape index (κ1) is 11.5. The van der Waals surface area contributed by atoms with Gasteiger partial charge in [-0.2, -0.15) is 0 Å². The fraction of sp³-hybridized carbons (Fsp3) is 0.400. The molecule has 12 heavy (non-hydrogen) atoms. The fourth-order valence-electron chi connectivity index (χ4n) is 0.678. The van der Waals surface area contributed by atoms with Gasteiger partial charge in [-0.3, -0.25) is 0 Å². The Balaban J connectivity index is 3.88. The first-order chi connectivity index (χ1) is 5.70. The predicted octanol–water partition coefficient (Wildman–Crippen LogP) is 3.35. The summed E-state index contributed by atoms with van der Waals surface area (Å²) in [6.45, 7) is 4.06. The topological polar surface area (TPSA) is 12.0 Å². The number of allylic oxidation sites excluding steroid dienone is 6. The highest BCUT2D eigenvalue weighted by molar-refractivity contribution is 9.11. The second-order valence-electron chi connectivity index (χ2n) is 2.46. The first-order valence-electron chi connectivity index (χ1n) is 4.03. The third kappa shape index (κ3) is 6.23. The van der Waals surface area contributed by atoms with Crippen molar-refractivity contribution in [3.8, 4) is 0 Å². The van der Waals surface area contributed by atoms with Gasteiger partial charge in [0.15, 0.2) is 0 Å². The van der Waals surface area contributed by atoms with Gasteiger partial charge >= 0.3 is 0 Å². The summed E-state index contributed by atoms with van der Waals surface area (Å²) in [7, 11) is 1.93. The van der Waals surface area contributed by atoms with Crippen LogP contribution in [-0.2, 0) is 0 Å². The highest BCUT2D eigenvalue weighted by Crippen LogP contribution is 2.08. The summed E-state index contributed by atoms with van der Waals surface area (Å²) in [5.74, 6) is 0. The first-order valence-corrected chi connectivity index (χ1v) is 4.83. The number of rotatable bonds is 4. The Morgan fingerprint density at radius 2 is 2.08 bits per heavy atom. The van der Waals surface area contributed by atoms with Crippen LogP contribution in [0.25, 0.3) is 0 Å². The lowest BCUT2D eigenvalue weighted by Gasteiger charge is -1.95. The second kappa shape index (κ2) is 7.17. The molecule has 0 atom stereocenters. The summed E-state index contributed by atoms with van der Waals surface area (Å²) in [6, 6.07) is 0. The number of hydrogen-bond donors (Lipinski definition) is 1. The van der Waals surface area contributed by atoms with Crippen molar-refractivity contribution in [3.63, 3.8) is 0 Å². The highest BCUT2D eigenvalue weighted by Gasteiger charge is 1.82. The molecule has 0 bridgehead atoms. The van der Waals surface area contributed by atoms with E-state index in [1.54, 1.807) is 0 Å². The summed E-state index contributed by atoms with van der Waals surface area (Å²) >= 11 is 3.43. The Bertz CT molecular complexity index is 202. The molecule has 0 aliphatic carbocycles. The standard InChI is InChI=1S/C10H16BrN/c1-4-6-10(11)8-5-7-9(2)12-3/h4,6-8,12H,5H2,1-3H3/b6-4-,9-7+,10-8+. The number of hydrogen-bond acceptors (Lipinski definition) is 1. The van der Waals surface area contributed by atoms with Crippen molar-refractivity contribution in [1.29, 1.82) is 0 Å². The van der Waals surface area contributed by atoms with Gasteiger partial charge in [0.1, 0.15) is 0 Å². The molecule has 2 heteroatoms. The van der Waals surface area contributed by atoms with E-state index < -0.39 is 0 Å². The van der Waals surface area contributed by atoms with Crippen LogP contribution in [-0.4, -0.2) is 7.05 Å². The molecule has 0 heterocycles. The maximum absolute atomic E-state index is 3.43. The highest BCUT2D eigenvalue weighted by atomic mass is 79.9. The summed E-state index contributed by atoms with van der Waals surface area (Å²) in [5, 5.41) is 3.07. The number of halogens is 1. The molecular weight excluding hydrogens is 214 g/mol. The van der Waals surface area contributed by atoms with Gasteiger partial charge in [-0.25, -0.2) is 0 Å². The molecule has 0 amide bonds. The summed E-state index contributed by atoms with van der Waals surface area (Å²) in [5.41, 5.74) is 1.20. The van der Waals surface area contributed by atoms with Crippen molar-refractivity contribution in [2.24, 2.45) is 0 Å². The molecule has 0 radical (unpaired) electrons. The van der Waals surface area contributed by atoms with Crippen LogP contribution in [0.3, 0.4) is 0 Å². The van der Waals surface area contributed by atoms with Gasteiger partial charge in [0, 0.05) is 17.2 Å². The Morgan fingerprint density at radius 3 is 2.58 bits per heavy atom. The molecule has 1 N–H and O–H groups in total. The molecule has 0 aromatic heterocycles. The molecule has 0 saturated carbocycles. The molecule has 0 aromatic rings. The monoisotopic (exact) mass is 229 g/mol. The van der Waals surface area contributed by atoms with E-state index in [9.17, 15) is 0 Å². The maximum Gasteiger partial charge on any atom is 0.0135 e. The van der Waals surface area contributed by atoms with Gasteiger partial charge in [-0.05, 0) is 20.3 Å². The van der Waals surface area contributed by atoms with E-state index >= 15 is 0 Å². The lowest BCUT2D eigenvalue weighted by atomic mass is 10.3. The Morgan fingerprint density at radius 1 is 1.42 bits per heavy atom. The quantitative estimate of drug-likeness (QED) is 0.730. The van der Waals surface area contributed by atoms with Gasteiger partial charge in [0.25, 0.3) is 0 Å². The molecule has 1 nitrogen and oxygen atoms in total. The van der Waals surface area contributed by atoms with Crippen LogP contribution in [0.5, 0.6) is 0 Å². The smallest absolute Gasteiger partial charge is 0.0135 e. The van der Waals surface area contributed by atoms with E-state index in [4.69, 9.17) is 0 Å². The van der Waals surface area contributed by atoms with E-state index in [0.29, 0.717) is 0 Å². The molecule has 0 unspecified atom stereocenters. The minimum atomic E-state index is 0.956. The van der Waals surface area contributed by atoms with Crippen LogP contribution < -0.4 is 5.32 Å². The molecule has 0 aromatic carbocycles. The van der Waals surface area contributed by atoms with Crippen LogP contribution in [0.4, 0.5) is 0 Å². The zero-order valence-corrected chi connectivity index (χ0v) is 9.48. The Kier molecular flexibility index (Phi) is 6.87. The van der Waals surface area contributed by atoms with Crippen LogP contribution >= 0.6 is 15.9 Å². The minimum Gasteiger partial charge on any atom is -0.392 e. The molecule has 0 rings (SSSR count). The average Bonchev–Trinajstić information content (AvgIpc) is 2.04. The normalized spacial score (nSPS) is 14.0. The molecule has 68 valence electrons. The molecule has 0 aliphatic heterocycles. The van der Waals surface area contributed by atoms with E-state index in [-0.39, 0.29) is 0 Å². The van der Waals surface area contributed by atoms with Gasteiger partial charge in [0.2, 0.25) is 0 Å². The fourth-order valence-corrected chi connectivity index (χ4v) is 1.13. The predicted molar refractivity (Wildman–Crippen MR) is 59.3 cm³/mol. The third-order valence-corrected chi connectivity index (χ3v) is 2.05. The van der Waals surface area contributed by atoms with Crippen molar-refractivity contribution in [1.82, 2.24) is 5.32 Å². The lowest BCUT2D eigenvalue weighted by Crippen LogP contribution is -2.00. The maximum atomic E-state index is 3.43. The summed E-state index contributed by atoms with van der Waals surface area (Å²) < 4.78 is 1.13. The van der Waals surface area contributed by atoms with Gasteiger partial charge in [-0.15, -0.1) is 0 Å². The van der Waals surface area contributed by atoms with Crippen LogP contribution in [0, 0.1) is 0 Å². The van der Waals surface area contributed by atoms with Gasteiger partial charge in [0.05, 0.1) is 0 Å². The van der Waals surface area contributed by atoms with Crippen LogP contribution in [0.2, 0.25) is 0 Å². The van der Waals surface area contributed by atoms with Gasteiger partial charge < -0.3 is 5.32 Å². The van der Waals surface area contributed by atoms with E-state index in [1.165, 1.54) is 5.70 Å². The zero-order valence-electron chi connectivity index (χ0n) is 7.89. The molecule has 0 aliphatic rings. The largest absolute Gasteiger partial charge is 0.392 e. The van der Waals surface area contributed by atoms with Crippen LogP contribution in [0.1, 0.15) is 20.3 Å². The van der Waals surface area contributed by atoms with Crippen molar-refractivity contribution in [2.75, 3.05) is 7.05 Å². The number of nitrogens with one attached hydrogen (secondary N) is 1. The van der Waals surface area contributed by atoms with Crippen molar-refractivity contribution in [3.05, 3.63) is 34.5 Å². The molecule has 0 spiro atoms. The second-order valence-corrected chi connectivity index (χ2v) is 3.38. The van der Waals surface area contributed by atoms with Crippen molar-refractivity contribution < 1.29 is 0 Å². The summed E-state index contributed by atoms with van der Waals surface area (Å²) in [6.07, 6.45) is 9.26. The summed E-state index contributed by atoms with van der Waals surface area (Å²) in [4.78, 5) is 0. The van der Waals surface area contributed by atoms with Crippen molar-refractivity contribution >= 4 is 15.9 Å². The lowest BCUT2D eigenvalue weighted by molar-refractivity contribution is 0.976. The third-order valence-electron chi connectivity index (χ3n) is 1.46. The van der Waals surface area contributed by atoms with E-state index in [1.807, 2.05) is 26.1 Å². The average molecular weight is 230 g/mol. The van der Waals surface area contributed by atoms with Crippen LogP contribution in [0.15, 0.2) is 34.5 Å². The van der Waals surface area contributed by atoms with Gasteiger partial charge in [-0.1, -0.05) is 40.2 Å². The Hall–Kier alpha value is -0.500. The molecule has 0 fully saturated rings. The zero-order chi connectivity index (χ0) is 9.40. The SMILES string of the molecule is C/C=C\C(Br)=C/C/C=C(\C)NC. The Labute approximate surface area is 83.4 Å². The molecular formula is C10H16BrN. The van der Waals surface area contributed by atoms with E-state index in [2.05, 4.69) is 40.3 Å². The minimum absolute atomic E-state index is 0.956. The van der Waals surface area contributed by atoms with E-state index in [0.717, 1.165) is 10.9 Å². The van der Waals surface area contributed by atoms with Crippen molar-refractivity contribution in [2.45, 2.75) is 20.3 Å².